The Labute approximate surface area is 338 Å². The molecule has 0 N–H and O–H groups in total. The molecule has 9 aromatic carbocycles. The highest BCUT2D eigenvalue weighted by Crippen LogP contribution is 2.50. The Morgan fingerprint density at radius 1 is 0.431 bits per heavy atom. The molecular weight excluding hydrogens is 725 g/mol. The van der Waals surface area contributed by atoms with Crippen LogP contribution < -0.4 is 4.90 Å². The van der Waals surface area contributed by atoms with E-state index in [0.29, 0.717) is 0 Å². The van der Waals surface area contributed by atoms with Crippen LogP contribution >= 0.6 is 11.3 Å². The van der Waals surface area contributed by atoms with Crippen LogP contribution in [0, 0.1) is 0 Å². The summed E-state index contributed by atoms with van der Waals surface area (Å²) in [7, 11) is 0. The van der Waals surface area contributed by atoms with Gasteiger partial charge < -0.3 is 13.9 Å². The van der Waals surface area contributed by atoms with E-state index in [1.165, 1.54) is 36.5 Å². The van der Waals surface area contributed by atoms with Gasteiger partial charge in [0, 0.05) is 54.0 Å². The molecule has 0 radical (unpaired) electrons. The number of aromatic nitrogens is 1. The zero-order chi connectivity index (χ0) is 38.2. The van der Waals surface area contributed by atoms with Gasteiger partial charge in [0.25, 0.3) is 0 Å². The van der Waals surface area contributed by atoms with Crippen LogP contribution in [0.5, 0.6) is 0 Å². The standard InChI is InChI=1S/C54H34N2OS/c1-3-16-35(17-4-1)45-34-37(32-33-38(45)41-23-13-24-42-39-20-8-11-30-50(39)57-53(41)42)56(49-29-14-25-43-40-21-9-12-31-51(40)58-54(43)49)48-28-15-27-47-52(48)44-22-7-10-26-46(44)55(47)36-18-5-2-6-19-36/h1-34H. The summed E-state index contributed by atoms with van der Waals surface area (Å²) in [6.45, 7) is 0. The van der Waals surface area contributed by atoms with Crippen molar-refractivity contribution in [3.05, 3.63) is 206 Å². The number of para-hydroxylation sites is 4. The van der Waals surface area contributed by atoms with Gasteiger partial charge in [-0.25, -0.2) is 0 Å². The lowest BCUT2D eigenvalue weighted by Gasteiger charge is -2.28. The molecule has 0 atom stereocenters. The highest BCUT2D eigenvalue weighted by molar-refractivity contribution is 7.26. The number of rotatable bonds is 6. The lowest BCUT2D eigenvalue weighted by Crippen LogP contribution is -2.11. The quantitative estimate of drug-likeness (QED) is 0.168. The Morgan fingerprint density at radius 2 is 1.09 bits per heavy atom. The maximum absolute atomic E-state index is 6.64. The van der Waals surface area contributed by atoms with Crippen LogP contribution in [0.15, 0.2) is 211 Å². The lowest BCUT2D eigenvalue weighted by atomic mass is 9.92. The van der Waals surface area contributed by atoms with Crippen LogP contribution in [0.1, 0.15) is 0 Å². The largest absolute Gasteiger partial charge is 0.455 e. The van der Waals surface area contributed by atoms with Gasteiger partial charge in [-0.15, -0.1) is 11.3 Å². The van der Waals surface area contributed by atoms with Crippen molar-refractivity contribution >= 4 is 92.3 Å². The third-order valence-electron chi connectivity index (χ3n) is 11.6. The molecule has 0 aliphatic rings. The second kappa shape index (κ2) is 13.1. The normalized spacial score (nSPS) is 11.8. The number of benzene rings is 9. The fourth-order valence-corrected chi connectivity index (χ4v) is 10.3. The fourth-order valence-electron chi connectivity index (χ4n) is 9.08. The molecular formula is C54H34N2OS. The number of fused-ring (bicyclic) bond motifs is 9. The molecule has 12 rings (SSSR count). The van der Waals surface area contributed by atoms with E-state index in [9.17, 15) is 0 Å². The van der Waals surface area contributed by atoms with E-state index < -0.39 is 0 Å². The molecule has 0 aliphatic carbocycles. The molecule has 12 aromatic rings. The molecule has 0 bridgehead atoms. The van der Waals surface area contributed by atoms with Crippen LogP contribution in [0.4, 0.5) is 17.1 Å². The minimum absolute atomic E-state index is 0.896. The molecule has 3 aromatic heterocycles. The van der Waals surface area contributed by atoms with Crippen molar-refractivity contribution < 1.29 is 4.42 Å². The topological polar surface area (TPSA) is 21.3 Å². The number of thiophene rings is 1. The predicted molar refractivity (Wildman–Crippen MR) is 247 cm³/mol. The molecule has 3 heterocycles. The van der Waals surface area contributed by atoms with Crippen LogP contribution in [-0.4, -0.2) is 4.57 Å². The van der Waals surface area contributed by atoms with Gasteiger partial charge in [0.2, 0.25) is 0 Å². The molecule has 0 unspecified atom stereocenters. The summed E-state index contributed by atoms with van der Waals surface area (Å²) in [5, 5.41) is 7.21. The van der Waals surface area contributed by atoms with Crippen molar-refractivity contribution in [2.24, 2.45) is 0 Å². The summed E-state index contributed by atoms with van der Waals surface area (Å²) >= 11 is 1.86. The van der Waals surface area contributed by atoms with Gasteiger partial charge >= 0.3 is 0 Å². The zero-order valence-corrected chi connectivity index (χ0v) is 32.2. The first kappa shape index (κ1) is 32.8. The number of hydrogen-bond acceptors (Lipinski definition) is 3. The number of anilines is 3. The van der Waals surface area contributed by atoms with Gasteiger partial charge in [0.1, 0.15) is 11.2 Å². The third-order valence-corrected chi connectivity index (χ3v) is 12.8. The van der Waals surface area contributed by atoms with Crippen LogP contribution in [-0.2, 0) is 0 Å². The van der Waals surface area contributed by atoms with Crippen molar-refractivity contribution in [1.29, 1.82) is 0 Å². The monoisotopic (exact) mass is 758 g/mol. The van der Waals surface area contributed by atoms with Gasteiger partial charge in [0.15, 0.2) is 0 Å². The molecule has 0 spiro atoms. The molecule has 4 heteroatoms. The zero-order valence-electron chi connectivity index (χ0n) is 31.3. The van der Waals surface area contributed by atoms with Crippen molar-refractivity contribution in [2.45, 2.75) is 0 Å². The first-order valence-electron chi connectivity index (χ1n) is 19.7. The van der Waals surface area contributed by atoms with Gasteiger partial charge in [-0.3, -0.25) is 0 Å². The van der Waals surface area contributed by atoms with Crippen molar-refractivity contribution in [1.82, 2.24) is 4.57 Å². The third kappa shape index (κ3) is 4.99. The summed E-state index contributed by atoms with van der Waals surface area (Å²) in [6, 6.07) is 74.4. The number of nitrogens with zero attached hydrogens (tertiary/aromatic N) is 2. The van der Waals surface area contributed by atoms with E-state index in [4.69, 9.17) is 4.42 Å². The second-order valence-electron chi connectivity index (χ2n) is 14.8. The van der Waals surface area contributed by atoms with Gasteiger partial charge in [0.05, 0.1) is 27.1 Å². The van der Waals surface area contributed by atoms with Crippen LogP contribution in [0.2, 0.25) is 0 Å². The maximum Gasteiger partial charge on any atom is 0.143 e. The summed E-state index contributed by atoms with van der Waals surface area (Å²) in [5.41, 5.74) is 13.1. The average Bonchev–Trinajstić information content (AvgIpc) is 3.98. The predicted octanol–water partition coefficient (Wildman–Crippen LogP) is 15.9. The Bertz CT molecular complexity index is 3520. The summed E-state index contributed by atoms with van der Waals surface area (Å²) in [4.78, 5) is 2.50. The molecule has 0 fully saturated rings. The highest BCUT2D eigenvalue weighted by Gasteiger charge is 2.25. The van der Waals surface area contributed by atoms with Gasteiger partial charge in [-0.05, 0) is 77.4 Å². The second-order valence-corrected chi connectivity index (χ2v) is 15.9. The highest BCUT2D eigenvalue weighted by atomic mass is 32.1. The molecule has 272 valence electrons. The molecule has 0 saturated carbocycles. The molecule has 0 aliphatic heterocycles. The Hall–Kier alpha value is -7.40. The van der Waals surface area contributed by atoms with Crippen LogP contribution in [0.25, 0.3) is 91.9 Å². The van der Waals surface area contributed by atoms with Crippen molar-refractivity contribution in [3.8, 4) is 27.9 Å². The van der Waals surface area contributed by atoms with E-state index in [1.54, 1.807) is 0 Å². The average molecular weight is 759 g/mol. The van der Waals surface area contributed by atoms with Gasteiger partial charge in [-0.2, -0.15) is 0 Å². The number of furan rings is 1. The van der Waals surface area contributed by atoms with E-state index in [0.717, 1.165) is 72.5 Å². The minimum atomic E-state index is 0.896. The number of hydrogen-bond donors (Lipinski definition) is 0. The first-order valence-corrected chi connectivity index (χ1v) is 20.5. The smallest absolute Gasteiger partial charge is 0.143 e. The van der Waals surface area contributed by atoms with Gasteiger partial charge in [-0.1, -0.05) is 146 Å². The van der Waals surface area contributed by atoms with E-state index >= 15 is 0 Å². The maximum atomic E-state index is 6.64. The Balaban J connectivity index is 1.18. The van der Waals surface area contributed by atoms with E-state index in [2.05, 4.69) is 210 Å². The molecule has 58 heavy (non-hydrogen) atoms. The molecule has 3 nitrogen and oxygen atoms in total. The Morgan fingerprint density at radius 3 is 1.97 bits per heavy atom. The van der Waals surface area contributed by atoms with E-state index in [1.807, 2.05) is 17.4 Å². The Kier molecular flexibility index (Phi) is 7.40. The van der Waals surface area contributed by atoms with E-state index in [-0.39, 0.29) is 0 Å². The minimum Gasteiger partial charge on any atom is -0.455 e. The summed E-state index contributed by atoms with van der Waals surface area (Å²) in [5.74, 6) is 0. The van der Waals surface area contributed by atoms with Crippen molar-refractivity contribution in [3.63, 3.8) is 0 Å². The SMILES string of the molecule is c1ccc(-c2cc(N(c3cccc4c3sc3ccccc34)c3cccc4c3c3ccccc3n4-c3ccccc3)ccc2-c2cccc3c2oc2ccccc23)cc1. The molecule has 0 saturated heterocycles. The fraction of sp³-hybridized carbons (Fsp3) is 0. The molecule has 0 amide bonds. The van der Waals surface area contributed by atoms with Crippen molar-refractivity contribution in [2.75, 3.05) is 4.90 Å². The first-order chi connectivity index (χ1) is 28.8. The van der Waals surface area contributed by atoms with Crippen LogP contribution in [0.3, 0.4) is 0 Å². The lowest BCUT2D eigenvalue weighted by molar-refractivity contribution is 0.670. The summed E-state index contributed by atoms with van der Waals surface area (Å²) in [6.07, 6.45) is 0. The summed E-state index contributed by atoms with van der Waals surface area (Å²) < 4.78 is 11.6.